The second kappa shape index (κ2) is 3.91. The molecule has 0 bridgehead atoms. The predicted molar refractivity (Wildman–Crippen MR) is 40.5 cm³/mol. The number of aliphatic hydroxyl groups excluding tert-OH is 1. The molecule has 1 heterocycles. The maximum atomic E-state index is 8.84. The van der Waals surface area contributed by atoms with Crippen molar-refractivity contribution >= 4 is 0 Å². The maximum absolute atomic E-state index is 8.84. The molecule has 1 fully saturated rings. The molecule has 0 radical (unpaired) electrons. The Kier molecular flexibility index (Phi) is 3.12. The van der Waals surface area contributed by atoms with Gasteiger partial charge in [0.25, 0.3) is 0 Å². The van der Waals surface area contributed by atoms with Crippen LogP contribution in [-0.4, -0.2) is 35.9 Å². The lowest BCUT2D eigenvalue weighted by atomic mass is 10.1. The Morgan fingerprint density at radius 3 is 2.40 bits per heavy atom. The monoisotopic (exact) mass is 144 g/mol. The molecule has 3 heteroatoms. The van der Waals surface area contributed by atoms with Gasteiger partial charge < -0.3 is 10.8 Å². The summed E-state index contributed by atoms with van der Waals surface area (Å²) < 4.78 is 0. The predicted octanol–water partition coefficient (Wildman–Crippen LogP) is -0.251. The lowest BCUT2D eigenvalue weighted by Gasteiger charge is -2.27. The van der Waals surface area contributed by atoms with Crippen molar-refractivity contribution in [2.24, 2.45) is 5.73 Å². The van der Waals surface area contributed by atoms with E-state index in [0.29, 0.717) is 6.54 Å². The van der Waals surface area contributed by atoms with Crippen molar-refractivity contribution in [1.29, 1.82) is 0 Å². The summed E-state index contributed by atoms with van der Waals surface area (Å²) in [5, 5.41) is 8.84. The molecule has 1 atom stereocenters. The van der Waals surface area contributed by atoms with Gasteiger partial charge in [-0.2, -0.15) is 0 Å². The van der Waals surface area contributed by atoms with Crippen LogP contribution in [0.1, 0.15) is 19.3 Å². The molecule has 60 valence electrons. The molecule has 0 saturated carbocycles. The summed E-state index contributed by atoms with van der Waals surface area (Å²) in [4.78, 5) is 2.22. The van der Waals surface area contributed by atoms with E-state index in [1.807, 2.05) is 0 Å². The normalized spacial score (nSPS) is 24.6. The lowest BCUT2D eigenvalue weighted by molar-refractivity contribution is 0.106. The summed E-state index contributed by atoms with van der Waals surface area (Å²) in [6.45, 7) is 2.85. The lowest BCUT2D eigenvalue weighted by Crippen LogP contribution is -2.40. The summed E-state index contributed by atoms with van der Waals surface area (Å²) in [6, 6.07) is 0. The zero-order valence-corrected chi connectivity index (χ0v) is 6.29. The third-order valence-corrected chi connectivity index (χ3v) is 1.89. The molecular weight excluding hydrogens is 128 g/mol. The Morgan fingerprint density at radius 1 is 1.30 bits per heavy atom. The number of likely N-dealkylation sites (tertiary alicyclic amines) is 1. The van der Waals surface area contributed by atoms with Crippen LogP contribution in [0, 0.1) is 0 Å². The van der Waals surface area contributed by atoms with Gasteiger partial charge in [0.2, 0.25) is 0 Å². The van der Waals surface area contributed by atoms with E-state index < -0.39 is 6.23 Å². The largest absolute Gasteiger partial charge is 0.377 e. The standard InChI is InChI=1S/C7H16N2O/c8-7(10)6-9-4-2-1-3-5-9/h7,10H,1-6,8H2. The number of piperidine rings is 1. The molecular formula is C7H16N2O. The summed E-state index contributed by atoms with van der Waals surface area (Å²) in [6.07, 6.45) is 3.19. The van der Waals surface area contributed by atoms with Crippen LogP contribution in [0.2, 0.25) is 0 Å². The number of hydrogen-bond donors (Lipinski definition) is 2. The summed E-state index contributed by atoms with van der Waals surface area (Å²) >= 11 is 0. The van der Waals surface area contributed by atoms with E-state index in [0.717, 1.165) is 13.1 Å². The Morgan fingerprint density at radius 2 is 1.90 bits per heavy atom. The summed E-state index contributed by atoms with van der Waals surface area (Å²) in [5.74, 6) is 0. The van der Waals surface area contributed by atoms with E-state index in [4.69, 9.17) is 10.8 Å². The van der Waals surface area contributed by atoms with E-state index in [2.05, 4.69) is 4.90 Å². The Hall–Kier alpha value is -0.120. The molecule has 1 aliphatic rings. The molecule has 3 nitrogen and oxygen atoms in total. The Bertz CT molecular complexity index is 89.6. The third-order valence-electron chi connectivity index (χ3n) is 1.89. The molecule has 0 aliphatic carbocycles. The quantitative estimate of drug-likeness (QED) is 0.525. The van der Waals surface area contributed by atoms with E-state index in [-0.39, 0.29) is 0 Å². The number of nitrogens with zero attached hydrogens (tertiary/aromatic N) is 1. The maximum Gasteiger partial charge on any atom is 0.115 e. The van der Waals surface area contributed by atoms with Gasteiger partial charge >= 0.3 is 0 Å². The summed E-state index contributed by atoms with van der Waals surface area (Å²) in [5.41, 5.74) is 5.24. The van der Waals surface area contributed by atoms with Crippen molar-refractivity contribution in [2.75, 3.05) is 19.6 Å². The third kappa shape index (κ3) is 2.64. The first-order valence-corrected chi connectivity index (χ1v) is 3.95. The van der Waals surface area contributed by atoms with Gasteiger partial charge in [0, 0.05) is 6.54 Å². The molecule has 0 aromatic carbocycles. The van der Waals surface area contributed by atoms with Gasteiger partial charge in [-0.1, -0.05) is 6.42 Å². The molecule has 0 spiro atoms. The van der Waals surface area contributed by atoms with Gasteiger partial charge in [0.15, 0.2) is 0 Å². The molecule has 1 rings (SSSR count). The minimum Gasteiger partial charge on any atom is -0.377 e. The molecule has 1 saturated heterocycles. The van der Waals surface area contributed by atoms with Gasteiger partial charge in [-0.15, -0.1) is 0 Å². The molecule has 0 aromatic heterocycles. The van der Waals surface area contributed by atoms with Gasteiger partial charge in [0.1, 0.15) is 6.23 Å². The first-order valence-electron chi connectivity index (χ1n) is 3.95. The highest BCUT2D eigenvalue weighted by Gasteiger charge is 2.11. The van der Waals surface area contributed by atoms with Crippen LogP contribution in [0.3, 0.4) is 0 Å². The van der Waals surface area contributed by atoms with Crippen molar-refractivity contribution in [1.82, 2.24) is 4.90 Å². The van der Waals surface area contributed by atoms with Crippen molar-refractivity contribution in [3.8, 4) is 0 Å². The van der Waals surface area contributed by atoms with Crippen LogP contribution in [0.15, 0.2) is 0 Å². The fourth-order valence-corrected chi connectivity index (χ4v) is 1.41. The van der Waals surface area contributed by atoms with Crippen molar-refractivity contribution < 1.29 is 5.11 Å². The van der Waals surface area contributed by atoms with Crippen molar-refractivity contribution in [3.05, 3.63) is 0 Å². The van der Waals surface area contributed by atoms with Gasteiger partial charge in [-0.3, -0.25) is 4.90 Å². The van der Waals surface area contributed by atoms with Crippen LogP contribution < -0.4 is 5.73 Å². The van der Waals surface area contributed by atoms with E-state index >= 15 is 0 Å². The van der Waals surface area contributed by atoms with E-state index in [9.17, 15) is 0 Å². The van der Waals surface area contributed by atoms with Crippen LogP contribution >= 0.6 is 0 Å². The number of nitrogens with two attached hydrogens (primary N) is 1. The molecule has 1 aliphatic heterocycles. The SMILES string of the molecule is NC(O)CN1CCCCC1. The average molecular weight is 144 g/mol. The second-order valence-electron chi connectivity index (χ2n) is 2.93. The molecule has 3 N–H and O–H groups in total. The molecule has 0 amide bonds. The van der Waals surface area contributed by atoms with Crippen LogP contribution in [-0.2, 0) is 0 Å². The average Bonchev–Trinajstić information content (AvgIpc) is 1.88. The van der Waals surface area contributed by atoms with Crippen LogP contribution in [0.25, 0.3) is 0 Å². The topological polar surface area (TPSA) is 49.5 Å². The highest BCUT2D eigenvalue weighted by Crippen LogP contribution is 2.07. The smallest absolute Gasteiger partial charge is 0.115 e. The fraction of sp³-hybridized carbons (Fsp3) is 1.00. The van der Waals surface area contributed by atoms with Crippen molar-refractivity contribution in [2.45, 2.75) is 25.5 Å². The summed E-state index contributed by atoms with van der Waals surface area (Å²) in [7, 11) is 0. The minimum atomic E-state index is -0.655. The molecule has 1 unspecified atom stereocenters. The first-order chi connectivity index (χ1) is 4.79. The van der Waals surface area contributed by atoms with Crippen molar-refractivity contribution in [3.63, 3.8) is 0 Å². The second-order valence-corrected chi connectivity index (χ2v) is 2.93. The molecule has 0 aromatic rings. The Balaban J connectivity index is 2.13. The van der Waals surface area contributed by atoms with Gasteiger partial charge in [-0.05, 0) is 25.9 Å². The first kappa shape index (κ1) is 7.98. The van der Waals surface area contributed by atoms with Gasteiger partial charge in [0.05, 0.1) is 0 Å². The highest BCUT2D eigenvalue weighted by molar-refractivity contribution is 4.65. The van der Waals surface area contributed by atoms with Gasteiger partial charge in [-0.25, -0.2) is 0 Å². The van der Waals surface area contributed by atoms with E-state index in [1.54, 1.807) is 0 Å². The zero-order valence-electron chi connectivity index (χ0n) is 6.29. The minimum absolute atomic E-state index is 0.639. The fourth-order valence-electron chi connectivity index (χ4n) is 1.41. The zero-order chi connectivity index (χ0) is 7.40. The molecule has 10 heavy (non-hydrogen) atoms. The van der Waals surface area contributed by atoms with Crippen LogP contribution in [0.4, 0.5) is 0 Å². The van der Waals surface area contributed by atoms with E-state index in [1.165, 1.54) is 19.3 Å². The number of aliphatic hydroxyl groups is 1. The highest BCUT2D eigenvalue weighted by atomic mass is 16.3. The van der Waals surface area contributed by atoms with Crippen LogP contribution in [0.5, 0.6) is 0 Å². The Labute approximate surface area is 61.8 Å². The number of rotatable bonds is 2. The number of hydrogen-bond acceptors (Lipinski definition) is 3. The number of β-amino-alcohol motifs (C(OH)–C–C–N with tert-alkyl or cyclic N) is 1.